The summed E-state index contributed by atoms with van der Waals surface area (Å²) in [5.41, 5.74) is 1.05. The van der Waals surface area contributed by atoms with E-state index in [1.807, 2.05) is 19.1 Å². The number of ether oxygens (including phenoxy) is 2. The zero-order valence-electron chi connectivity index (χ0n) is 25.9. The fourth-order valence-corrected chi connectivity index (χ4v) is 11.8. The molecule has 3 aromatic carbocycles. The van der Waals surface area contributed by atoms with Crippen LogP contribution in [0.25, 0.3) is 0 Å². The minimum Gasteiger partial charge on any atom is -0.407 e. The molecule has 1 saturated heterocycles. The molecule has 3 atom stereocenters. The topological polar surface area (TPSA) is 65.1 Å². The summed E-state index contributed by atoms with van der Waals surface area (Å²) in [4.78, 5) is 0.391. The molecule has 1 aliphatic rings. The van der Waals surface area contributed by atoms with Gasteiger partial charge in [-0.2, -0.15) is 0 Å². The molecule has 1 aliphatic heterocycles. The first kappa shape index (κ1) is 32.6. The molecule has 3 aromatic rings. The zero-order chi connectivity index (χ0) is 30.2. The Bertz CT molecular complexity index is 1290. The third kappa shape index (κ3) is 8.20. The van der Waals surface area contributed by atoms with Gasteiger partial charge < -0.3 is 13.9 Å². The van der Waals surface area contributed by atoms with Crippen LogP contribution in [0.15, 0.2) is 89.8 Å². The Morgan fingerprint density at radius 2 is 1.43 bits per heavy atom. The van der Waals surface area contributed by atoms with Crippen molar-refractivity contribution in [3.8, 4) is 0 Å². The van der Waals surface area contributed by atoms with E-state index in [1.54, 1.807) is 12.1 Å². The number of aryl methyl sites for hydroxylation is 1. The lowest BCUT2D eigenvalue weighted by Gasteiger charge is -2.43. The van der Waals surface area contributed by atoms with Gasteiger partial charge in [-0.3, -0.25) is 0 Å². The summed E-state index contributed by atoms with van der Waals surface area (Å²) in [6, 6.07) is 28.5. The molecule has 228 valence electrons. The van der Waals surface area contributed by atoms with E-state index in [0.29, 0.717) is 24.3 Å². The van der Waals surface area contributed by atoms with Crippen LogP contribution in [-0.4, -0.2) is 54.0 Å². The predicted octanol–water partition coefficient (Wildman–Crippen LogP) is 6.47. The predicted molar refractivity (Wildman–Crippen MR) is 174 cm³/mol. The molecule has 0 spiro atoms. The summed E-state index contributed by atoms with van der Waals surface area (Å²) < 4.78 is 45.2. The Kier molecular flexibility index (Phi) is 11.2. The van der Waals surface area contributed by atoms with E-state index in [2.05, 4.69) is 88.4 Å². The Morgan fingerprint density at radius 1 is 0.881 bits per heavy atom. The van der Waals surface area contributed by atoms with Crippen LogP contribution in [0, 0.1) is 6.92 Å². The molecular weight excluding hydrogens is 561 g/mol. The quantitative estimate of drug-likeness (QED) is 0.106. The van der Waals surface area contributed by atoms with E-state index in [0.717, 1.165) is 31.4 Å². The van der Waals surface area contributed by atoms with Crippen LogP contribution < -0.4 is 10.4 Å². The zero-order valence-corrected chi connectivity index (χ0v) is 27.7. The van der Waals surface area contributed by atoms with Crippen molar-refractivity contribution < 1.29 is 22.3 Å². The Labute approximate surface area is 254 Å². The normalized spacial score (nSPS) is 17.1. The summed E-state index contributed by atoms with van der Waals surface area (Å²) in [7, 11) is -5.93. The molecule has 7 heteroatoms. The Hall–Kier alpha value is -2.29. The minimum atomic E-state index is -3.33. The fraction of sp³-hybridized carbons (Fsp3) is 0.486. The van der Waals surface area contributed by atoms with E-state index in [1.165, 1.54) is 10.4 Å². The molecule has 0 saturated carbocycles. The van der Waals surface area contributed by atoms with Gasteiger partial charge in [-0.15, -0.1) is 0 Å². The third-order valence-corrected chi connectivity index (χ3v) is 15.1. The number of sulfone groups is 1. The van der Waals surface area contributed by atoms with Crippen LogP contribution in [0.4, 0.5) is 0 Å². The largest absolute Gasteiger partial charge is 0.407 e. The van der Waals surface area contributed by atoms with Crippen molar-refractivity contribution in [3.63, 3.8) is 0 Å². The van der Waals surface area contributed by atoms with Crippen LogP contribution in [0.1, 0.15) is 65.4 Å². The Balaban J connectivity index is 1.45. The maximum atomic E-state index is 13.0. The highest BCUT2D eigenvalue weighted by atomic mass is 32.2. The molecule has 5 nitrogen and oxygen atoms in total. The van der Waals surface area contributed by atoms with Crippen molar-refractivity contribution in [2.24, 2.45) is 0 Å². The van der Waals surface area contributed by atoms with Gasteiger partial charge in [0, 0.05) is 6.61 Å². The molecule has 0 aliphatic carbocycles. The van der Waals surface area contributed by atoms with Gasteiger partial charge in [0.15, 0.2) is 9.84 Å². The second kappa shape index (κ2) is 14.5. The maximum absolute atomic E-state index is 13.0. The fourth-order valence-electron chi connectivity index (χ4n) is 5.91. The highest BCUT2D eigenvalue weighted by Gasteiger charge is 2.50. The maximum Gasteiger partial charge on any atom is 0.261 e. The first-order chi connectivity index (χ1) is 20.1. The van der Waals surface area contributed by atoms with E-state index >= 15 is 0 Å². The van der Waals surface area contributed by atoms with Crippen LogP contribution in [0.2, 0.25) is 5.04 Å². The van der Waals surface area contributed by atoms with Gasteiger partial charge in [0.25, 0.3) is 8.32 Å². The average Bonchev–Trinajstić information content (AvgIpc) is 3.81. The van der Waals surface area contributed by atoms with Gasteiger partial charge >= 0.3 is 0 Å². The molecule has 42 heavy (non-hydrogen) atoms. The lowest BCUT2D eigenvalue weighted by atomic mass is 10.1. The number of rotatable bonds is 16. The molecule has 4 rings (SSSR count). The number of hydrogen-bond donors (Lipinski definition) is 0. The smallest absolute Gasteiger partial charge is 0.261 e. The Morgan fingerprint density at radius 3 is 1.93 bits per heavy atom. The number of epoxide rings is 1. The number of hydrogen-bond acceptors (Lipinski definition) is 5. The lowest BCUT2D eigenvalue weighted by molar-refractivity contribution is -0.0368. The van der Waals surface area contributed by atoms with E-state index < -0.39 is 18.2 Å². The second-order valence-corrected chi connectivity index (χ2v) is 18.9. The van der Waals surface area contributed by atoms with E-state index in [9.17, 15) is 8.42 Å². The van der Waals surface area contributed by atoms with Crippen molar-refractivity contribution in [2.45, 2.75) is 95.0 Å². The molecule has 1 heterocycles. The second-order valence-electron chi connectivity index (χ2n) is 12.5. The van der Waals surface area contributed by atoms with Crippen LogP contribution in [-0.2, 0) is 23.7 Å². The summed E-state index contributed by atoms with van der Waals surface area (Å²) in [5.74, 6) is 0.116. The summed E-state index contributed by atoms with van der Waals surface area (Å²) in [6.07, 6.45) is 3.92. The van der Waals surface area contributed by atoms with Crippen molar-refractivity contribution >= 4 is 28.5 Å². The lowest BCUT2D eigenvalue weighted by Crippen LogP contribution is -2.66. The highest BCUT2D eigenvalue weighted by molar-refractivity contribution is 7.91. The van der Waals surface area contributed by atoms with Crippen molar-refractivity contribution in [1.82, 2.24) is 0 Å². The van der Waals surface area contributed by atoms with Crippen molar-refractivity contribution in [3.05, 3.63) is 90.5 Å². The molecule has 0 aromatic heterocycles. The van der Waals surface area contributed by atoms with Gasteiger partial charge in [0.1, 0.15) is 6.10 Å². The molecule has 1 fully saturated rings. The van der Waals surface area contributed by atoms with Gasteiger partial charge in [-0.25, -0.2) is 8.42 Å². The first-order valence-corrected chi connectivity index (χ1v) is 18.9. The summed E-state index contributed by atoms with van der Waals surface area (Å²) in [6.45, 7) is 12.3. The molecule has 0 radical (unpaired) electrons. The molecule has 0 unspecified atom stereocenters. The minimum absolute atomic E-state index is 0.0429. The van der Waals surface area contributed by atoms with E-state index in [-0.39, 0.29) is 29.1 Å². The monoisotopic (exact) mass is 608 g/mol. The summed E-state index contributed by atoms with van der Waals surface area (Å²) in [5, 5.41) is 2.47. The third-order valence-electron chi connectivity index (χ3n) is 8.27. The van der Waals surface area contributed by atoms with Gasteiger partial charge in [0.05, 0.1) is 29.5 Å². The van der Waals surface area contributed by atoms with Crippen LogP contribution in [0.5, 0.6) is 0 Å². The first-order valence-electron chi connectivity index (χ1n) is 15.4. The highest BCUT2D eigenvalue weighted by Crippen LogP contribution is 2.37. The van der Waals surface area contributed by atoms with Gasteiger partial charge in [-0.05, 0) is 66.6 Å². The molecule has 0 N–H and O–H groups in total. The average molecular weight is 609 g/mol. The molecule has 0 amide bonds. The van der Waals surface area contributed by atoms with Crippen LogP contribution >= 0.6 is 0 Å². The van der Waals surface area contributed by atoms with E-state index in [4.69, 9.17) is 13.9 Å². The van der Waals surface area contributed by atoms with Crippen molar-refractivity contribution in [1.29, 1.82) is 0 Å². The van der Waals surface area contributed by atoms with Gasteiger partial charge in [-0.1, -0.05) is 106 Å². The van der Waals surface area contributed by atoms with Gasteiger partial charge in [0.2, 0.25) is 0 Å². The van der Waals surface area contributed by atoms with Crippen LogP contribution in [0.3, 0.4) is 0 Å². The molecular formula is C35H48O5SSi. The standard InChI is InChI=1S/C35H48O5SSi/c1-6-33(34-27-38-34)40-29(16-14-26-41(36,37)30-23-21-28(2)22-24-30)15-13-25-39-42(35(3,4)5,31-17-9-7-10-18-31)32-19-11-8-12-20-32/h7-12,17-24,29,33-34H,6,13-16,25-27H2,1-5H3/t29-,33-,34+/m0/s1. The molecule has 0 bridgehead atoms. The number of benzene rings is 3. The summed E-state index contributed by atoms with van der Waals surface area (Å²) >= 11 is 0. The SMILES string of the molecule is CC[C@H](O[C@@H](CCCO[Si](c1ccccc1)(c1ccccc1)C(C)(C)C)CCCS(=O)(=O)c1ccc(C)cc1)[C@H]1CO1. The van der Waals surface area contributed by atoms with Crippen molar-refractivity contribution in [2.75, 3.05) is 19.0 Å².